The van der Waals surface area contributed by atoms with Crippen molar-refractivity contribution >= 4 is 11.9 Å². The lowest BCUT2D eigenvalue weighted by atomic mass is 10.4. The molecule has 4 N–H and O–H groups in total. The molecule has 0 aliphatic rings. The van der Waals surface area contributed by atoms with Gasteiger partial charge >= 0.3 is 6.01 Å². The van der Waals surface area contributed by atoms with Gasteiger partial charge in [0.15, 0.2) is 0 Å². The third-order valence-electron chi connectivity index (χ3n) is 1.83. The Kier molecular flexibility index (Phi) is 5.97. The zero-order chi connectivity index (χ0) is 12.5. The Labute approximate surface area is 99.9 Å². The van der Waals surface area contributed by atoms with Gasteiger partial charge in [-0.3, -0.25) is 5.43 Å². The molecule has 0 saturated heterocycles. The van der Waals surface area contributed by atoms with Crippen LogP contribution in [0.15, 0.2) is 0 Å². The van der Waals surface area contributed by atoms with E-state index in [1.54, 1.807) is 7.11 Å². The molecule has 0 radical (unpaired) electrons. The number of anilines is 2. The van der Waals surface area contributed by atoms with Crippen molar-refractivity contribution in [1.29, 1.82) is 0 Å². The fourth-order valence-corrected chi connectivity index (χ4v) is 1.11. The highest BCUT2D eigenvalue weighted by atomic mass is 16.5. The Morgan fingerprint density at radius 2 is 2.00 bits per heavy atom. The highest BCUT2D eigenvalue weighted by Gasteiger charge is 2.05. The van der Waals surface area contributed by atoms with Gasteiger partial charge in [-0.05, 0) is 13.3 Å². The summed E-state index contributed by atoms with van der Waals surface area (Å²) in [5, 5.41) is 3.04. The molecule has 0 saturated carbocycles. The lowest BCUT2D eigenvalue weighted by Crippen LogP contribution is -2.15. The molecule has 1 aromatic heterocycles. The van der Waals surface area contributed by atoms with E-state index < -0.39 is 0 Å². The fourth-order valence-electron chi connectivity index (χ4n) is 1.11. The van der Waals surface area contributed by atoms with Crippen LogP contribution < -0.4 is 21.3 Å². The van der Waals surface area contributed by atoms with E-state index >= 15 is 0 Å². The lowest BCUT2D eigenvalue weighted by Gasteiger charge is -2.08. The van der Waals surface area contributed by atoms with Crippen molar-refractivity contribution < 1.29 is 9.47 Å². The number of nitrogen functional groups attached to an aromatic ring is 1. The molecule has 0 aromatic carbocycles. The molecule has 0 bridgehead atoms. The van der Waals surface area contributed by atoms with E-state index in [1.165, 1.54) is 0 Å². The van der Waals surface area contributed by atoms with Gasteiger partial charge in [0.1, 0.15) is 0 Å². The maximum atomic E-state index is 5.25. The van der Waals surface area contributed by atoms with E-state index in [4.69, 9.17) is 15.3 Å². The second-order valence-corrected chi connectivity index (χ2v) is 3.12. The molecule has 17 heavy (non-hydrogen) atoms. The second-order valence-electron chi connectivity index (χ2n) is 3.12. The molecular weight excluding hydrogens is 224 g/mol. The maximum Gasteiger partial charge on any atom is 0.323 e. The van der Waals surface area contributed by atoms with Gasteiger partial charge in [0.05, 0.1) is 6.61 Å². The Hall–Kier alpha value is -1.67. The van der Waals surface area contributed by atoms with Crippen molar-refractivity contribution in [2.45, 2.75) is 13.3 Å². The standard InChI is InChI=1S/C9H18N6O2/c1-3-17-9-13-7(11-5-4-6-16-2)12-8(14-9)15-10/h3-6,10H2,1-2H3,(H2,11,12,13,14,15). The molecule has 0 unspecified atom stereocenters. The van der Waals surface area contributed by atoms with Crippen molar-refractivity contribution in [2.24, 2.45) is 5.84 Å². The minimum absolute atomic E-state index is 0.240. The van der Waals surface area contributed by atoms with Crippen molar-refractivity contribution in [3.63, 3.8) is 0 Å². The van der Waals surface area contributed by atoms with Crippen LogP contribution in [0.3, 0.4) is 0 Å². The number of nitrogens with zero attached hydrogens (tertiary/aromatic N) is 3. The average molecular weight is 242 g/mol. The molecule has 0 atom stereocenters. The number of hydrogen-bond donors (Lipinski definition) is 3. The van der Waals surface area contributed by atoms with E-state index in [0.29, 0.717) is 25.7 Å². The molecule has 0 fully saturated rings. The number of hydrogen-bond acceptors (Lipinski definition) is 8. The van der Waals surface area contributed by atoms with Gasteiger partial charge in [0, 0.05) is 20.3 Å². The van der Waals surface area contributed by atoms with Crippen LogP contribution in [-0.2, 0) is 4.74 Å². The molecule has 8 nitrogen and oxygen atoms in total. The highest BCUT2D eigenvalue weighted by Crippen LogP contribution is 2.10. The first-order valence-electron chi connectivity index (χ1n) is 5.38. The van der Waals surface area contributed by atoms with Gasteiger partial charge in [-0.2, -0.15) is 15.0 Å². The fraction of sp³-hybridized carbons (Fsp3) is 0.667. The molecule has 0 amide bonds. The number of hydrazine groups is 1. The maximum absolute atomic E-state index is 5.25. The van der Waals surface area contributed by atoms with Gasteiger partial charge in [-0.1, -0.05) is 0 Å². The van der Waals surface area contributed by atoms with Crippen LogP contribution in [0, 0.1) is 0 Å². The summed E-state index contributed by atoms with van der Waals surface area (Å²) in [5.41, 5.74) is 2.36. The number of nitrogens with one attached hydrogen (secondary N) is 2. The van der Waals surface area contributed by atoms with Crippen molar-refractivity contribution in [3.8, 4) is 6.01 Å². The summed E-state index contributed by atoms with van der Waals surface area (Å²) < 4.78 is 10.1. The molecule has 1 rings (SSSR count). The van der Waals surface area contributed by atoms with Gasteiger partial charge in [0.25, 0.3) is 0 Å². The number of rotatable bonds is 8. The second kappa shape index (κ2) is 7.58. The van der Waals surface area contributed by atoms with Crippen LogP contribution in [0.1, 0.15) is 13.3 Å². The summed E-state index contributed by atoms with van der Waals surface area (Å²) in [5.74, 6) is 5.94. The van der Waals surface area contributed by atoms with E-state index in [-0.39, 0.29) is 12.0 Å². The lowest BCUT2D eigenvalue weighted by molar-refractivity contribution is 0.197. The zero-order valence-electron chi connectivity index (χ0n) is 10.1. The van der Waals surface area contributed by atoms with Crippen molar-refractivity contribution in [1.82, 2.24) is 15.0 Å². The van der Waals surface area contributed by atoms with Crippen molar-refractivity contribution in [2.75, 3.05) is 37.6 Å². The topological polar surface area (TPSA) is 107 Å². The molecule has 96 valence electrons. The third kappa shape index (κ3) is 4.79. The van der Waals surface area contributed by atoms with Crippen molar-refractivity contribution in [3.05, 3.63) is 0 Å². The van der Waals surface area contributed by atoms with Gasteiger partial charge in [-0.15, -0.1) is 0 Å². The summed E-state index contributed by atoms with van der Waals surface area (Å²) in [4.78, 5) is 12.1. The summed E-state index contributed by atoms with van der Waals surface area (Å²) in [7, 11) is 1.66. The first kappa shape index (κ1) is 13.4. The molecule has 8 heteroatoms. The quantitative estimate of drug-likeness (QED) is 0.332. The van der Waals surface area contributed by atoms with E-state index in [0.717, 1.165) is 6.42 Å². The normalized spacial score (nSPS) is 10.1. The molecule has 0 spiro atoms. The number of aromatic nitrogens is 3. The minimum Gasteiger partial charge on any atom is -0.464 e. The van der Waals surface area contributed by atoms with Gasteiger partial charge < -0.3 is 14.8 Å². The Morgan fingerprint density at radius 1 is 1.24 bits per heavy atom. The van der Waals surface area contributed by atoms with Gasteiger partial charge in [0.2, 0.25) is 11.9 Å². The Balaban J connectivity index is 2.59. The first-order chi connectivity index (χ1) is 8.30. The van der Waals surface area contributed by atoms with Gasteiger partial charge in [-0.25, -0.2) is 5.84 Å². The van der Waals surface area contributed by atoms with Crippen LogP contribution in [-0.4, -0.2) is 41.8 Å². The smallest absolute Gasteiger partial charge is 0.323 e. The molecule has 1 aromatic rings. The Morgan fingerprint density at radius 3 is 2.65 bits per heavy atom. The minimum atomic E-state index is 0.240. The largest absolute Gasteiger partial charge is 0.464 e. The van der Waals surface area contributed by atoms with E-state index in [2.05, 4.69) is 25.7 Å². The van der Waals surface area contributed by atoms with Crippen LogP contribution in [0.5, 0.6) is 6.01 Å². The van der Waals surface area contributed by atoms with Crippen LogP contribution in [0.4, 0.5) is 11.9 Å². The summed E-state index contributed by atoms with van der Waals surface area (Å²) >= 11 is 0. The highest BCUT2D eigenvalue weighted by molar-refractivity contribution is 5.34. The number of methoxy groups -OCH3 is 1. The van der Waals surface area contributed by atoms with E-state index in [1.807, 2.05) is 6.92 Å². The van der Waals surface area contributed by atoms with Crippen LogP contribution >= 0.6 is 0 Å². The van der Waals surface area contributed by atoms with Crippen LogP contribution in [0.2, 0.25) is 0 Å². The molecular formula is C9H18N6O2. The monoisotopic (exact) mass is 242 g/mol. The first-order valence-corrected chi connectivity index (χ1v) is 5.38. The van der Waals surface area contributed by atoms with Crippen LogP contribution in [0.25, 0.3) is 0 Å². The molecule has 1 heterocycles. The molecule has 0 aliphatic carbocycles. The Bertz CT molecular complexity index is 335. The molecule has 0 aliphatic heterocycles. The number of nitrogens with two attached hydrogens (primary N) is 1. The van der Waals surface area contributed by atoms with E-state index in [9.17, 15) is 0 Å². The predicted octanol–water partition coefficient (Wildman–Crippen LogP) is 0.00430. The zero-order valence-corrected chi connectivity index (χ0v) is 10.1. The summed E-state index contributed by atoms with van der Waals surface area (Å²) in [6.45, 7) is 3.72. The predicted molar refractivity (Wildman–Crippen MR) is 63.8 cm³/mol. The SMILES string of the molecule is CCOc1nc(NN)nc(NCCCOC)n1. The summed E-state index contributed by atoms with van der Waals surface area (Å²) in [6, 6.07) is 0.240. The number of ether oxygens (including phenoxy) is 2. The average Bonchev–Trinajstić information content (AvgIpc) is 2.35. The summed E-state index contributed by atoms with van der Waals surface area (Å²) in [6.07, 6.45) is 0.859. The third-order valence-corrected chi connectivity index (χ3v) is 1.83.